The molecule has 1 aromatic heterocycles. The first-order valence-electron chi connectivity index (χ1n) is 7.36. The van der Waals surface area contributed by atoms with Crippen LogP contribution >= 0.6 is 11.6 Å². The number of hydrogen-bond acceptors (Lipinski definition) is 4. The summed E-state index contributed by atoms with van der Waals surface area (Å²) in [7, 11) is 1.56. The molecule has 0 fully saturated rings. The van der Waals surface area contributed by atoms with E-state index in [-0.39, 0.29) is 10.6 Å². The van der Waals surface area contributed by atoms with E-state index in [0.29, 0.717) is 12.2 Å². The van der Waals surface area contributed by atoms with Gasteiger partial charge < -0.3 is 0 Å². The number of anilines is 1. The van der Waals surface area contributed by atoms with Crippen molar-refractivity contribution in [2.75, 3.05) is 5.01 Å². The number of allylic oxidation sites excluding steroid dienone is 3. The molecular weight excluding hydrogens is 324 g/mol. The number of benzene rings is 1. The average Bonchev–Trinajstić information content (AvgIpc) is 3.11. The molecule has 6 heteroatoms. The zero-order valence-corrected chi connectivity index (χ0v) is 13.8. The van der Waals surface area contributed by atoms with E-state index in [2.05, 4.69) is 15.9 Å². The normalized spacial score (nSPS) is 12.8. The molecule has 0 amide bonds. The molecule has 1 aliphatic rings. The van der Waals surface area contributed by atoms with Gasteiger partial charge in [0.05, 0.1) is 19.0 Å². The second-order valence-electron chi connectivity index (χ2n) is 5.19. The van der Waals surface area contributed by atoms with E-state index < -0.39 is 0 Å². The topological polar surface area (TPSA) is 50.5 Å². The fourth-order valence-electron chi connectivity index (χ4n) is 2.18. The maximum Gasteiger partial charge on any atom is 0.287 e. The largest absolute Gasteiger partial charge is 0.287 e. The Hall–Kier alpha value is -2.88. The lowest BCUT2D eigenvalue weighted by molar-refractivity contribution is 0.700. The fourth-order valence-corrected chi connectivity index (χ4v) is 2.45. The molecule has 2 aromatic rings. The minimum atomic E-state index is -0.359. The Morgan fingerprint density at radius 1 is 1.38 bits per heavy atom. The highest BCUT2D eigenvalue weighted by molar-refractivity contribution is 6.33. The molecule has 0 radical (unpaired) electrons. The Labute approximate surface area is 144 Å². The minimum Gasteiger partial charge on any atom is -0.266 e. The van der Waals surface area contributed by atoms with Gasteiger partial charge in [0.15, 0.2) is 0 Å². The van der Waals surface area contributed by atoms with Gasteiger partial charge in [-0.25, -0.2) is 4.68 Å². The Balaban J connectivity index is 1.98. The van der Waals surface area contributed by atoms with Crippen LogP contribution in [0.25, 0.3) is 0 Å². The van der Waals surface area contributed by atoms with Gasteiger partial charge in [0.1, 0.15) is 10.7 Å². The Morgan fingerprint density at radius 3 is 2.88 bits per heavy atom. The molecule has 0 aliphatic heterocycles. The van der Waals surface area contributed by atoms with E-state index >= 15 is 0 Å². The molecule has 1 aliphatic carbocycles. The van der Waals surface area contributed by atoms with Crippen LogP contribution in [-0.4, -0.2) is 16.0 Å². The predicted octanol–water partition coefficient (Wildman–Crippen LogP) is 3.08. The van der Waals surface area contributed by atoms with Crippen LogP contribution in [0.4, 0.5) is 5.69 Å². The molecule has 5 nitrogen and oxygen atoms in total. The van der Waals surface area contributed by atoms with E-state index in [1.165, 1.54) is 4.68 Å². The van der Waals surface area contributed by atoms with Crippen molar-refractivity contribution in [2.45, 2.75) is 6.54 Å². The smallest absolute Gasteiger partial charge is 0.266 e. The Bertz CT molecular complexity index is 922. The zero-order chi connectivity index (χ0) is 16.9. The molecule has 0 bridgehead atoms. The molecule has 0 saturated carbocycles. The quantitative estimate of drug-likeness (QED) is 0.478. The summed E-state index contributed by atoms with van der Waals surface area (Å²) in [6, 6.07) is 9.82. The van der Waals surface area contributed by atoms with Crippen LogP contribution in [0.1, 0.15) is 5.56 Å². The lowest BCUT2D eigenvalue weighted by Crippen LogP contribution is -2.25. The lowest BCUT2D eigenvalue weighted by atomic mass is 10.2. The van der Waals surface area contributed by atoms with E-state index in [1.54, 1.807) is 24.5 Å². The van der Waals surface area contributed by atoms with Gasteiger partial charge in [-0.3, -0.25) is 9.80 Å². The molecule has 0 saturated heterocycles. The highest BCUT2D eigenvalue weighted by atomic mass is 35.5. The van der Waals surface area contributed by atoms with Crippen LogP contribution in [0.3, 0.4) is 0 Å². The SMILES string of the molecule is Cn1ncc(N(Cc2ccccc2)/N=C/C2=C=CC=C2)c(Cl)c1=O. The van der Waals surface area contributed by atoms with Crippen molar-refractivity contribution in [1.82, 2.24) is 9.78 Å². The van der Waals surface area contributed by atoms with Crippen molar-refractivity contribution in [2.24, 2.45) is 12.1 Å². The zero-order valence-electron chi connectivity index (χ0n) is 13.1. The van der Waals surface area contributed by atoms with E-state index in [4.69, 9.17) is 11.6 Å². The monoisotopic (exact) mass is 338 g/mol. The summed E-state index contributed by atoms with van der Waals surface area (Å²) in [5, 5.41) is 10.3. The highest BCUT2D eigenvalue weighted by Crippen LogP contribution is 2.23. The van der Waals surface area contributed by atoms with Crippen LogP contribution in [-0.2, 0) is 13.6 Å². The third-order valence-corrected chi connectivity index (χ3v) is 3.83. The van der Waals surface area contributed by atoms with E-state index in [9.17, 15) is 4.79 Å². The van der Waals surface area contributed by atoms with Gasteiger partial charge >= 0.3 is 0 Å². The number of aromatic nitrogens is 2. The van der Waals surface area contributed by atoms with Gasteiger partial charge in [-0.1, -0.05) is 48.0 Å². The number of rotatable bonds is 5. The van der Waals surface area contributed by atoms with Crippen LogP contribution in [0.2, 0.25) is 5.02 Å². The van der Waals surface area contributed by atoms with Crippen LogP contribution < -0.4 is 10.6 Å². The number of halogens is 1. The van der Waals surface area contributed by atoms with Crippen molar-refractivity contribution >= 4 is 23.5 Å². The number of nitrogens with zero attached hydrogens (tertiary/aromatic N) is 4. The van der Waals surface area contributed by atoms with E-state index in [1.807, 2.05) is 48.6 Å². The molecule has 0 N–H and O–H groups in total. The maximum absolute atomic E-state index is 12.1. The standard InChI is InChI=1S/C18H15ClN4O/c1-22-18(24)17(19)16(12-20-22)23(13-15-9-3-2-4-10-15)21-11-14-7-5-6-8-14/h2-7,9-12H,13H2,1H3/b21-11+. The highest BCUT2D eigenvalue weighted by Gasteiger charge is 2.14. The second kappa shape index (κ2) is 7.13. The Morgan fingerprint density at radius 2 is 2.17 bits per heavy atom. The average molecular weight is 339 g/mol. The van der Waals surface area contributed by atoms with Gasteiger partial charge in [-0.2, -0.15) is 10.2 Å². The summed E-state index contributed by atoms with van der Waals surface area (Å²) in [6.07, 6.45) is 8.81. The van der Waals surface area contributed by atoms with Crippen LogP contribution in [0, 0.1) is 0 Å². The summed E-state index contributed by atoms with van der Waals surface area (Å²) in [6.45, 7) is 0.465. The Kier molecular flexibility index (Phi) is 4.75. The summed E-state index contributed by atoms with van der Waals surface area (Å²) < 4.78 is 1.20. The lowest BCUT2D eigenvalue weighted by Gasteiger charge is -2.20. The van der Waals surface area contributed by atoms with Crippen molar-refractivity contribution in [1.29, 1.82) is 0 Å². The minimum absolute atomic E-state index is 0.0899. The van der Waals surface area contributed by atoms with Crippen molar-refractivity contribution in [3.05, 3.63) is 87.0 Å². The molecule has 0 atom stereocenters. The summed E-state index contributed by atoms with van der Waals surface area (Å²) in [5.41, 5.74) is 5.05. The third kappa shape index (κ3) is 3.54. The van der Waals surface area contributed by atoms with Gasteiger partial charge in [-0.05, 0) is 17.7 Å². The molecule has 24 heavy (non-hydrogen) atoms. The second-order valence-corrected chi connectivity index (χ2v) is 5.56. The molecule has 0 spiro atoms. The number of hydrazone groups is 1. The van der Waals surface area contributed by atoms with Gasteiger partial charge in [-0.15, -0.1) is 5.73 Å². The maximum atomic E-state index is 12.1. The molecular formula is C18H15ClN4O. The van der Waals surface area contributed by atoms with Crippen LogP contribution in [0.15, 0.2) is 76.0 Å². The molecule has 0 unspecified atom stereocenters. The van der Waals surface area contributed by atoms with Gasteiger partial charge in [0.25, 0.3) is 5.56 Å². The predicted molar refractivity (Wildman–Crippen MR) is 96.3 cm³/mol. The first-order chi connectivity index (χ1) is 11.6. The van der Waals surface area contributed by atoms with Gasteiger partial charge in [0, 0.05) is 12.6 Å². The van der Waals surface area contributed by atoms with E-state index in [0.717, 1.165) is 11.1 Å². The van der Waals surface area contributed by atoms with Crippen molar-refractivity contribution in [3.63, 3.8) is 0 Å². The van der Waals surface area contributed by atoms with Gasteiger partial charge in [0.2, 0.25) is 0 Å². The van der Waals surface area contributed by atoms with Crippen LogP contribution in [0.5, 0.6) is 0 Å². The molecule has 1 aromatic carbocycles. The first kappa shape index (κ1) is 16.0. The fraction of sp³-hybridized carbons (Fsp3) is 0.111. The summed E-state index contributed by atoms with van der Waals surface area (Å²) in [4.78, 5) is 12.1. The molecule has 120 valence electrons. The number of hydrogen-bond donors (Lipinski definition) is 0. The molecule has 3 rings (SSSR count). The van der Waals surface area contributed by atoms with Crippen molar-refractivity contribution in [3.8, 4) is 0 Å². The summed E-state index contributed by atoms with van der Waals surface area (Å²) in [5.74, 6) is 0. The third-order valence-electron chi connectivity index (χ3n) is 3.47. The summed E-state index contributed by atoms with van der Waals surface area (Å²) >= 11 is 6.22. The number of aryl methyl sites for hydroxylation is 1. The molecule has 1 heterocycles. The first-order valence-corrected chi connectivity index (χ1v) is 7.73. The van der Waals surface area contributed by atoms with Crippen molar-refractivity contribution < 1.29 is 0 Å².